The summed E-state index contributed by atoms with van der Waals surface area (Å²) in [4.78, 5) is 14.1. The van der Waals surface area contributed by atoms with E-state index in [0.717, 1.165) is 36.2 Å². The van der Waals surface area contributed by atoms with E-state index in [0.29, 0.717) is 0 Å². The van der Waals surface area contributed by atoms with Crippen LogP contribution in [0, 0.1) is 10.7 Å². The molecular formula is C23H19N3S5. The molecule has 8 heteroatoms. The summed E-state index contributed by atoms with van der Waals surface area (Å²) in [6, 6.07) is 18.6. The lowest BCUT2D eigenvalue weighted by molar-refractivity contribution is 0.800. The zero-order chi connectivity index (χ0) is 21.8. The fourth-order valence-electron chi connectivity index (χ4n) is 2.77. The van der Waals surface area contributed by atoms with Crippen molar-refractivity contribution in [2.24, 2.45) is 0 Å². The maximum Gasteiger partial charge on any atom is 0.165 e. The molecule has 156 valence electrons. The van der Waals surface area contributed by atoms with Gasteiger partial charge in [-0.15, -0.1) is 23.1 Å². The van der Waals surface area contributed by atoms with Crippen LogP contribution in [0.4, 0.5) is 0 Å². The molecule has 0 N–H and O–H groups in total. The molecule has 3 nitrogen and oxygen atoms in total. The molecule has 2 aromatic carbocycles. The zero-order valence-corrected chi connectivity index (χ0v) is 21.2. The average Bonchev–Trinajstić information content (AvgIpc) is 3.13. The molecule has 0 fully saturated rings. The van der Waals surface area contributed by atoms with E-state index in [9.17, 15) is 0 Å². The number of pyridine rings is 1. The summed E-state index contributed by atoms with van der Waals surface area (Å²) in [5, 5.41) is 12.2. The van der Waals surface area contributed by atoms with Crippen LogP contribution in [0.25, 0.3) is 10.2 Å². The molecule has 0 amide bonds. The first-order valence-corrected chi connectivity index (χ1v) is 13.6. The van der Waals surface area contributed by atoms with Gasteiger partial charge in [-0.25, -0.2) is 9.97 Å². The molecule has 0 aliphatic carbocycles. The second-order valence-corrected chi connectivity index (χ2v) is 13.5. The predicted octanol–water partition coefficient (Wildman–Crippen LogP) is 8.46. The number of nitriles is 1. The van der Waals surface area contributed by atoms with Crippen LogP contribution in [0.2, 0.25) is 0 Å². The lowest BCUT2D eigenvalue weighted by Gasteiger charge is -2.21. The Balaban J connectivity index is 1.94. The van der Waals surface area contributed by atoms with Crippen molar-refractivity contribution in [2.75, 3.05) is 0 Å². The van der Waals surface area contributed by atoms with Crippen LogP contribution < -0.4 is 0 Å². The SMILES string of the molecule is CC(C)(C)Sc1cc2sc(SC#N)nc2c(Sc2ccccn2)c1Sc1ccccc1. The van der Waals surface area contributed by atoms with Crippen LogP contribution >= 0.6 is 58.4 Å². The molecule has 0 bridgehead atoms. The molecule has 0 saturated heterocycles. The smallest absolute Gasteiger partial charge is 0.165 e. The van der Waals surface area contributed by atoms with Gasteiger partial charge >= 0.3 is 0 Å². The molecule has 2 heterocycles. The monoisotopic (exact) mass is 497 g/mol. The number of hydrogen-bond donors (Lipinski definition) is 0. The van der Waals surface area contributed by atoms with Gasteiger partial charge in [-0.05, 0) is 30.3 Å². The highest BCUT2D eigenvalue weighted by atomic mass is 32.2. The molecule has 0 unspecified atom stereocenters. The first kappa shape index (κ1) is 22.6. The second kappa shape index (κ2) is 9.88. The molecule has 4 aromatic rings. The molecule has 4 rings (SSSR count). The third kappa shape index (κ3) is 5.79. The Bertz CT molecular complexity index is 1230. The first-order chi connectivity index (χ1) is 14.9. The summed E-state index contributed by atoms with van der Waals surface area (Å²) in [5.74, 6) is 0. The van der Waals surface area contributed by atoms with Crippen molar-refractivity contribution in [2.45, 2.75) is 54.5 Å². The fraction of sp³-hybridized carbons (Fsp3) is 0.174. The summed E-state index contributed by atoms with van der Waals surface area (Å²) < 4.78 is 1.93. The predicted molar refractivity (Wildman–Crippen MR) is 136 cm³/mol. The third-order valence-electron chi connectivity index (χ3n) is 3.90. The number of thioether (sulfide) groups is 2. The Morgan fingerprint density at radius 3 is 2.42 bits per heavy atom. The highest BCUT2D eigenvalue weighted by Crippen LogP contribution is 2.50. The van der Waals surface area contributed by atoms with E-state index < -0.39 is 0 Å². The fourth-order valence-corrected chi connectivity index (χ4v) is 7.82. The Morgan fingerprint density at radius 1 is 0.968 bits per heavy atom. The van der Waals surface area contributed by atoms with Gasteiger partial charge in [-0.1, -0.05) is 68.6 Å². The van der Waals surface area contributed by atoms with Gasteiger partial charge in [-0.3, -0.25) is 0 Å². The first-order valence-electron chi connectivity index (χ1n) is 9.47. The van der Waals surface area contributed by atoms with E-state index >= 15 is 0 Å². The second-order valence-electron chi connectivity index (χ2n) is 7.45. The van der Waals surface area contributed by atoms with Gasteiger partial charge < -0.3 is 0 Å². The van der Waals surface area contributed by atoms with Gasteiger partial charge in [0.25, 0.3) is 0 Å². The standard InChI is InChI=1S/C23H19N3S5/c1-23(2,3)31-17-13-16-19(26-22(29-16)27-14-24)21(30-18-11-7-8-12-25-18)20(17)28-15-9-5-4-6-10-15/h4-13H,1-3H3. The minimum Gasteiger partial charge on any atom is -0.250 e. The summed E-state index contributed by atoms with van der Waals surface area (Å²) in [7, 11) is 0. The lowest BCUT2D eigenvalue weighted by atomic mass is 10.3. The molecule has 2 aromatic heterocycles. The van der Waals surface area contributed by atoms with E-state index in [2.05, 4.69) is 61.5 Å². The Kier molecular flexibility index (Phi) is 7.19. The number of benzene rings is 2. The minimum atomic E-state index is 0.0571. The highest BCUT2D eigenvalue weighted by molar-refractivity contribution is 8.05. The van der Waals surface area contributed by atoms with Gasteiger partial charge in [-0.2, -0.15) is 5.26 Å². The summed E-state index contributed by atoms with van der Waals surface area (Å²) >= 11 is 7.96. The van der Waals surface area contributed by atoms with Crippen LogP contribution in [0.1, 0.15) is 20.8 Å². The van der Waals surface area contributed by atoms with Gasteiger partial charge in [0.1, 0.15) is 10.4 Å². The number of hydrogen-bond acceptors (Lipinski definition) is 8. The molecule has 0 saturated carbocycles. The van der Waals surface area contributed by atoms with Gasteiger partial charge in [0.05, 0.1) is 15.1 Å². The Hall–Kier alpha value is -1.63. The van der Waals surface area contributed by atoms with E-state index in [1.807, 2.05) is 42.2 Å². The average molecular weight is 498 g/mol. The van der Waals surface area contributed by atoms with E-state index in [-0.39, 0.29) is 4.75 Å². The largest absolute Gasteiger partial charge is 0.250 e. The number of aromatic nitrogens is 2. The topological polar surface area (TPSA) is 49.6 Å². The number of nitrogens with zero attached hydrogens (tertiary/aromatic N) is 3. The van der Waals surface area contributed by atoms with Gasteiger partial charge in [0.15, 0.2) is 4.34 Å². The van der Waals surface area contributed by atoms with E-state index in [4.69, 9.17) is 10.2 Å². The van der Waals surface area contributed by atoms with Crippen LogP contribution in [-0.2, 0) is 0 Å². The molecule has 0 aliphatic heterocycles. The number of fused-ring (bicyclic) bond motifs is 1. The van der Waals surface area contributed by atoms with Crippen LogP contribution in [0.3, 0.4) is 0 Å². The molecule has 0 atom stereocenters. The van der Waals surface area contributed by atoms with E-state index in [1.54, 1.807) is 34.9 Å². The van der Waals surface area contributed by atoms with Crippen molar-refractivity contribution in [3.63, 3.8) is 0 Å². The molecule has 0 aliphatic rings. The number of thiocyanates is 1. The Labute approximate surface area is 203 Å². The summed E-state index contributed by atoms with van der Waals surface area (Å²) in [6.45, 7) is 6.69. The van der Waals surface area contributed by atoms with Crippen molar-refractivity contribution in [3.8, 4) is 5.40 Å². The normalized spacial score (nSPS) is 11.5. The maximum atomic E-state index is 9.16. The number of thiazole rings is 1. The highest BCUT2D eigenvalue weighted by Gasteiger charge is 2.23. The van der Waals surface area contributed by atoms with E-state index in [1.165, 1.54) is 14.7 Å². The van der Waals surface area contributed by atoms with Gasteiger partial charge in [0.2, 0.25) is 0 Å². The number of rotatable bonds is 6. The summed E-state index contributed by atoms with van der Waals surface area (Å²) in [5.41, 5.74) is 0.940. The Morgan fingerprint density at radius 2 is 1.74 bits per heavy atom. The summed E-state index contributed by atoms with van der Waals surface area (Å²) in [6.07, 6.45) is 1.81. The van der Waals surface area contributed by atoms with Crippen molar-refractivity contribution in [3.05, 3.63) is 60.8 Å². The van der Waals surface area contributed by atoms with Gasteiger partial charge in [0, 0.05) is 37.4 Å². The third-order valence-corrected chi connectivity index (χ3v) is 9.15. The van der Waals surface area contributed by atoms with Crippen molar-refractivity contribution in [1.29, 1.82) is 5.26 Å². The molecule has 0 radical (unpaired) electrons. The molecular weight excluding hydrogens is 479 g/mol. The van der Waals surface area contributed by atoms with Crippen molar-refractivity contribution in [1.82, 2.24) is 9.97 Å². The van der Waals surface area contributed by atoms with Crippen molar-refractivity contribution >= 4 is 68.6 Å². The van der Waals surface area contributed by atoms with Crippen LogP contribution in [0.5, 0.6) is 0 Å². The van der Waals surface area contributed by atoms with Crippen LogP contribution in [0.15, 0.2) is 89.7 Å². The quantitative estimate of drug-likeness (QED) is 0.195. The molecule has 31 heavy (non-hydrogen) atoms. The maximum absolute atomic E-state index is 9.16. The minimum absolute atomic E-state index is 0.0571. The zero-order valence-electron chi connectivity index (χ0n) is 17.2. The lowest BCUT2D eigenvalue weighted by Crippen LogP contribution is -2.07. The van der Waals surface area contributed by atoms with Crippen molar-refractivity contribution < 1.29 is 0 Å². The van der Waals surface area contributed by atoms with Crippen LogP contribution in [-0.4, -0.2) is 14.7 Å². The molecule has 0 spiro atoms.